The van der Waals surface area contributed by atoms with Crippen LogP contribution in [0.3, 0.4) is 0 Å². The molecule has 32 heavy (non-hydrogen) atoms. The van der Waals surface area contributed by atoms with Crippen molar-refractivity contribution in [2.24, 2.45) is 4.99 Å². The number of hydrogen-bond donors (Lipinski definition) is 2. The maximum absolute atomic E-state index is 5.67. The monoisotopic (exact) mass is 433 g/mol. The smallest absolute Gasteiger partial charge is 0.191 e. The summed E-state index contributed by atoms with van der Waals surface area (Å²) in [4.78, 5) is 9.37. The quantitative estimate of drug-likeness (QED) is 0.379. The molecule has 2 N–H and O–H groups in total. The van der Waals surface area contributed by atoms with Crippen LogP contribution in [0.5, 0.6) is 5.75 Å². The van der Waals surface area contributed by atoms with Crippen molar-refractivity contribution < 1.29 is 4.74 Å². The molecule has 0 bridgehead atoms. The van der Waals surface area contributed by atoms with Crippen molar-refractivity contribution in [1.29, 1.82) is 0 Å². The van der Waals surface area contributed by atoms with Gasteiger partial charge in [-0.3, -0.25) is 9.89 Å². The largest absolute Gasteiger partial charge is 0.496 e. The molecule has 1 atom stereocenters. The SMILES string of the molecule is CN=C(NCc1cccc(N2CC=CC2)c1)NCC(c1ccccc1OC)N1CCCC1. The lowest BCUT2D eigenvalue weighted by atomic mass is 10.0. The summed E-state index contributed by atoms with van der Waals surface area (Å²) >= 11 is 0. The lowest BCUT2D eigenvalue weighted by Crippen LogP contribution is -2.42. The Morgan fingerprint density at radius 3 is 2.56 bits per heavy atom. The molecule has 2 aromatic rings. The molecule has 170 valence electrons. The van der Waals surface area contributed by atoms with E-state index < -0.39 is 0 Å². The molecule has 1 saturated heterocycles. The molecule has 2 heterocycles. The van der Waals surface area contributed by atoms with Crippen molar-refractivity contribution in [2.75, 3.05) is 51.8 Å². The van der Waals surface area contributed by atoms with Gasteiger partial charge in [0.15, 0.2) is 5.96 Å². The molecule has 0 aliphatic carbocycles. The van der Waals surface area contributed by atoms with Crippen molar-refractivity contribution in [3.8, 4) is 5.75 Å². The number of nitrogens with one attached hydrogen (secondary N) is 2. The number of aliphatic imine (C=N–C) groups is 1. The minimum atomic E-state index is 0.248. The number of ether oxygens (including phenoxy) is 1. The Hall–Kier alpha value is -2.99. The predicted octanol–water partition coefficient (Wildman–Crippen LogP) is 3.57. The third-order valence-corrected chi connectivity index (χ3v) is 6.32. The fourth-order valence-corrected chi connectivity index (χ4v) is 4.58. The number of methoxy groups -OCH3 is 1. The summed E-state index contributed by atoms with van der Waals surface area (Å²) in [7, 11) is 3.58. The Bertz CT molecular complexity index is 927. The van der Waals surface area contributed by atoms with Gasteiger partial charge in [-0.05, 0) is 49.7 Å². The van der Waals surface area contributed by atoms with Gasteiger partial charge in [0.05, 0.1) is 13.2 Å². The molecule has 6 heteroatoms. The summed E-state index contributed by atoms with van der Waals surface area (Å²) in [5.41, 5.74) is 3.74. The first-order chi connectivity index (χ1) is 15.8. The second kappa shape index (κ2) is 11.0. The van der Waals surface area contributed by atoms with E-state index in [0.29, 0.717) is 0 Å². The molecule has 4 rings (SSSR count). The van der Waals surface area contributed by atoms with Crippen LogP contribution in [0.2, 0.25) is 0 Å². The standard InChI is InChI=1S/C26H35N5O/c1-27-26(28-19-21-10-9-11-22(18-21)30-14-5-6-15-30)29-20-24(31-16-7-8-17-31)23-12-3-4-13-25(23)32-2/h3-6,9-13,18,24H,7-8,14-17,19-20H2,1-2H3,(H2,27,28,29). The molecular weight excluding hydrogens is 398 g/mol. The average molecular weight is 434 g/mol. The Labute approximate surface area is 192 Å². The van der Waals surface area contributed by atoms with Gasteiger partial charge in [0.25, 0.3) is 0 Å². The van der Waals surface area contributed by atoms with E-state index in [2.05, 4.69) is 74.0 Å². The van der Waals surface area contributed by atoms with Crippen LogP contribution < -0.4 is 20.3 Å². The molecule has 1 unspecified atom stereocenters. The van der Waals surface area contributed by atoms with Crippen LogP contribution in [0, 0.1) is 0 Å². The minimum Gasteiger partial charge on any atom is -0.496 e. The molecule has 0 radical (unpaired) electrons. The lowest BCUT2D eigenvalue weighted by molar-refractivity contribution is 0.239. The first-order valence-electron chi connectivity index (χ1n) is 11.6. The zero-order valence-corrected chi connectivity index (χ0v) is 19.3. The van der Waals surface area contributed by atoms with Crippen LogP contribution in [-0.2, 0) is 6.54 Å². The lowest BCUT2D eigenvalue weighted by Gasteiger charge is -2.30. The number of anilines is 1. The second-order valence-corrected chi connectivity index (χ2v) is 8.35. The first-order valence-corrected chi connectivity index (χ1v) is 11.6. The van der Waals surface area contributed by atoms with E-state index in [1.54, 1.807) is 7.11 Å². The third-order valence-electron chi connectivity index (χ3n) is 6.32. The molecule has 1 fully saturated rings. The fourth-order valence-electron chi connectivity index (χ4n) is 4.58. The summed E-state index contributed by atoms with van der Waals surface area (Å²) in [6.07, 6.45) is 6.94. The maximum Gasteiger partial charge on any atom is 0.191 e. The summed E-state index contributed by atoms with van der Waals surface area (Å²) < 4.78 is 5.67. The molecule has 2 aliphatic heterocycles. The third kappa shape index (κ3) is 5.43. The van der Waals surface area contributed by atoms with Crippen LogP contribution in [0.15, 0.2) is 65.7 Å². The van der Waals surface area contributed by atoms with Gasteiger partial charge >= 0.3 is 0 Å². The number of likely N-dealkylation sites (tertiary alicyclic amines) is 1. The van der Waals surface area contributed by atoms with Crippen LogP contribution in [0.25, 0.3) is 0 Å². The van der Waals surface area contributed by atoms with E-state index in [9.17, 15) is 0 Å². The Kier molecular flexibility index (Phi) is 7.67. The van der Waals surface area contributed by atoms with Crippen LogP contribution in [-0.4, -0.2) is 57.7 Å². The first kappa shape index (κ1) is 22.2. The second-order valence-electron chi connectivity index (χ2n) is 8.35. The zero-order chi connectivity index (χ0) is 22.2. The Balaban J connectivity index is 1.38. The van der Waals surface area contributed by atoms with Gasteiger partial charge in [-0.2, -0.15) is 0 Å². The van der Waals surface area contributed by atoms with E-state index in [4.69, 9.17) is 4.74 Å². The molecular formula is C26H35N5O. The highest BCUT2D eigenvalue weighted by atomic mass is 16.5. The van der Waals surface area contributed by atoms with Gasteiger partial charge in [-0.25, -0.2) is 0 Å². The van der Waals surface area contributed by atoms with E-state index in [0.717, 1.165) is 51.0 Å². The molecule has 0 spiro atoms. The van der Waals surface area contributed by atoms with Crippen molar-refractivity contribution in [2.45, 2.75) is 25.4 Å². The summed E-state index contributed by atoms with van der Waals surface area (Å²) in [6.45, 7) is 5.72. The average Bonchev–Trinajstić information content (AvgIpc) is 3.56. The summed E-state index contributed by atoms with van der Waals surface area (Å²) in [5, 5.41) is 7.04. The number of guanidine groups is 1. The number of benzene rings is 2. The van der Waals surface area contributed by atoms with Crippen molar-refractivity contribution in [3.63, 3.8) is 0 Å². The van der Waals surface area contributed by atoms with Crippen LogP contribution in [0.4, 0.5) is 5.69 Å². The predicted molar refractivity (Wildman–Crippen MR) is 133 cm³/mol. The number of rotatable bonds is 8. The molecule has 0 amide bonds. The normalized spacial score (nSPS) is 17.6. The maximum atomic E-state index is 5.67. The Morgan fingerprint density at radius 2 is 1.81 bits per heavy atom. The van der Waals surface area contributed by atoms with Crippen molar-refractivity contribution in [1.82, 2.24) is 15.5 Å². The van der Waals surface area contributed by atoms with Gasteiger partial charge in [0, 0.05) is 44.5 Å². The topological polar surface area (TPSA) is 52.1 Å². The number of hydrogen-bond acceptors (Lipinski definition) is 4. The highest BCUT2D eigenvalue weighted by Gasteiger charge is 2.26. The highest BCUT2D eigenvalue weighted by Crippen LogP contribution is 2.31. The van der Waals surface area contributed by atoms with E-state index in [-0.39, 0.29) is 6.04 Å². The van der Waals surface area contributed by atoms with Crippen LogP contribution in [0.1, 0.15) is 30.0 Å². The van der Waals surface area contributed by atoms with E-state index in [1.165, 1.54) is 29.7 Å². The summed E-state index contributed by atoms with van der Waals surface area (Å²) in [6, 6.07) is 17.3. The fraction of sp³-hybridized carbons (Fsp3) is 0.423. The molecule has 2 aromatic carbocycles. The van der Waals surface area contributed by atoms with Crippen LogP contribution >= 0.6 is 0 Å². The molecule has 0 saturated carbocycles. The Morgan fingerprint density at radius 1 is 1.03 bits per heavy atom. The molecule has 0 aromatic heterocycles. The van der Waals surface area contributed by atoms with Gasteiger partial charge in [0.2, 0.25) is 0 Å². The molecule has 6 nitrogen and oxygen atoms in total. The number of para-hydroxylation sites is 1. The van der Waals surface area contributed by atoms with E-state index >= 15 is 0 Å². The zero-order valence-electron chi connectivity index (χ0n) is 19.3. The van der Waals surface area contributed by atoms with Gasteiger partial charge in [-0.15, -0.1) is 0 Å². The van der Waals surface area contributed by atoms with E-state index in [1.807, 2.05) is 19.2 Å². The van der Waals surface area contributed by atoms with Gasteiger partial charge in [-0.1, -0.05) is 42.5 Å². The van der Waals surface area contributed by atoms with Crippen molar-refractivity contribution in [3.05, 3.63) is 71.8 Å². The van der Waals surface area contributed by atoms with Crippen molar-refractivity contribution >= 4 is 11.6 Å². The van der Waals surface area contributed by atoms with Gasteiger partial charge in [0.1, 0.15) is 5.75 Å². The molecule has 2 aliphatic rings. The minimum absolute atomic E-state index is 0.248. The highest BCUT2D eigenvalue weighted by molar-refractivity contribution is 5.79. The number of nitrogens with zero attached hydrogens (tertiary/aromatic N) is 3. The van der Waals surface area contributed by atoms with Gasteiger partial charge < -0.3 is 20.3 Å². The summed E-state index contributed by atoms with van der Waals surface area (Å²) in [5.74, 6) is 1.76.